The van der Waals surface area contributed by atoms with Crippen LogP contribution in [-0.2, 0) is 4.79 Å². The maximum Gasteiger partial charge on any atom is 0.323 e. The number of rotatable bonds is 4. The van der Waals surface area contributed by atoms with Gasteiger partial charge in [0, 0.05) is 12.2 Å². The Morgan fingerprint density at radius 3 is 2.79 bits per heavy atom. The maximum atomic E-state index is 10.6. The van der Waals surface area contributed by atoms with Crippen LogP contribution in [0, 0.1) is 0 Å². The molecule has 14 heavy (non-hydrogen) atoms. The van der Waals surface area contributed by atoms with E-state index in [1.165, 1.54) is 6.33 Å². The first-order valence-corrected chi connectivity index (χ1v) is 4.35. The molecule has 5 heteroatoms. The Bertz CT molecular complexity index is 300. The first-order valence-electron chi connectivity index (χ1n) is 4.35. The molecular formula is C9H13N3O2. The van der Waals surface area contributed by atoms with Crippen molar-refractivity contribution in [2.45, 2.75) is 19.9 Å². The number of anilines is 1. The number of hydrogen-bond donors (Lipinski definition) is 1. The monoisotopic (exact) mass is 195 g/mol. The second kappa shape index (κ2) is 4.55. The van der Waals surface area contributed by atoms with Gasteiger partial charge in [-0.1, -0.05) is 0 Å². The summed E-state index contributed by atoms with van der Waals surface area (Å²) in [6, 6.07) is 1.80. The quantitative estimate of drug-likeness (QED) is 0.768. The van der Waals surface area contributed by atoms with E-state index in [1.807, 2.05) is 13.8 Å². The normalized spacial score (nSPS) is 10.2. The molecule has 1 aromatic rings. The molecule has 1 heterocycles. The molecule has 76 valence electrons. The summed E-state index contributed by atoms with van der Waals surface area (Å²) in [4.78, 5) is 20.1. The summed E-state index contributed by atoms with van der Waals surface area (Å²) in [5.41, 5.74) is 0. The van der Waals surface area contributed by atoms with E-state index in [2.05, 4.69) is 9.97 Å². The van der Waals surface area contributed by atoms with E-state index in [0.29, 0.717) is 5.82 Å². The van der Waals surface area contributed by atoms with E-state index in [0.717, 1.165) is 0 Å². The molecule has 5 nitrogen and oxygen atoms in total. The second-order valence-corrected chi connectivity index (χ2v) is 3.18. The molecule has 0 aliphatic carbocycles. The van der Waals surface area contributed by atoms with Gasteiger partial charge in [0.2, 0.25) is 0 Å². The van der Waals surface area contributed by atoms with Gasteiger partial charge in [-0.2, -0.15) is 0 Å². The zero-order valence-electron chi connectivity index (χ0n) is 8.21. The maximum absolute atomic E-state index is 10.6. The molecule has 0 aliphatic rings. The highest BCUT2D eigenvalue weighted by Crippen LogP contribution is 2.11. The fourth-order valence-corrected chi connectivity index (χ4v) is 1.13. The average Bonchev–Trinajstić information content (AvgIpc) is 2.15. The Labute approximate surface area is 82.4 Å². The lowest BCUT2D eigenvalue weighted by Crippen LogP contribution is -2.36. The molecule has 0 aromatic carbocycles. The van der Waals surface area contributed by atoms with Crippen LogP contribution in [0.25, 0.3) is 0 Å². The van der Waals surface area contributed by atoms with E-state index in [4.69, 9.17) is 5.11 Å². The molecule has 1 aromatic heterocycles. The summed E-state index contributed by atoms with van der Waals surface area (Å²) in [6.07, 6.45) is 3.01. The Kier molecular flexibility index (Phi) is 3.39. The Balaban J connectivity index is 2.83. The van der Waals surface area contributed by atoms with Crippen molar-refractivity contribution in [1.29, 1.82) is 0 Å². The second-order valence-electron chi connectivity index (χ2n) is 3.18. The molecule has 1 rings (SSSR count). The number of hydrogen-bond acceptors (Lipinski definition) is 4. The van der Waals surface area contributed by atoms with E-state index in [1.54, 1.807) is 17.2 Å². The van der Waals surface area contributed by atoms with Crippen LogP contribution >= 0.6 is 0 Å². The molecule has 0 radical (unpaired) electrons. The molecule has 0 unspecified atom stereocenters. The van der Waals surface area contributed by atoms with Gasteiger partial charge in [-0.3, -0.25) is 4.79 Å². The van der Waals surface area contributed by atoms with Crippen LogP contribution in [0.2, 0.25) is 0 Å². The molecule has 0 saturated carbocycles. The van der Waals surface area contributed by atoms with Crippen molar-refractivity contribution in [1.82, 2.24) is 9.97 Å². The summed E-state index contributed by atoms with van der Waals surface area (Å²) in [7, 11) is 0. The van der Waals surface area contributed by atoms with Gasteiger partial charge in [0.15, 0.2) is 0 Å². The Morgan fingerprint density at radius 1 is 1.64 bits per heavy atom. The standard InChI is InChI=1S/C9H13N3O2/c1-7(2)12(5-9(13)14)8-3-4-10-6-11-8/h3-4,6-7H,5H2,1-2H3,(H,13,14). The molecule has 0 atom stereocenters. The summed E-state index contributed by atoms with van der Waals surface area (Å²) in [5.74, 6) is -0.227. The van der Waals surface area contributed by atoms with E-state index >= 15 is 0 Å². The predicted octanol–water partition coefficient (Wildman–Crippen LogP) is 0.776. The van der Waals surface area contributed by atoms with Gasteiger partial charge < -0.3 is 10.0 Å². The number of carbonyl (C=O) groups is 1. The predicted molar refractivity (Wildman–Crippen MR) is 52.1 cm³/mol. The largest absolute Gasteiger partial charge is 0.480 e. The van der Waals surface area contributed by atoms with Crippen molar-refractivity contribution in [3.63, 3.8) is 0 Å². The molecular weight excluding hydrogens is 182 g/mol. The van der Waals surface area contributed by atoms with Gasteiger partial charge >= 0.3 is 5.97 Å². The lowest BCUT2D eigenvalue weighted by molar-refractivity contribution is -0.135. The molecule has 0 saturated heterocycles. The molecule has 0 amide bonds. The van der Waals surface area contributed by atoms with Crippen LogP contribution in [0.15, 0.2) is 18.6 Å². The van der Waals surface area contributed by atoms with Crippen LogP contribution < -0.4 is 4.90 Å². The number of nitrogens with zero attached hydrogens (tertiary/aromatic N) is 3. The molecule has 0 spiro atoms. The fraction of sp³-hybridized carbons (Fsp3) is 0.444. The smallest absolute Gasteiger partial charge is 0.323 e. The Hall–Kier alpha value is -1.65. The minimum atomic E-state index is -0.864. The van der Waals surface area contributed by atoms with Gasteiger partial charge in [0.1, 0.15) is 18.7 Å². The average molecular weight is 195 g/mol. The number of aliphatic carboxylic acids is 1. The first-order chi connectivity index (χ1) is 6.61. The van der Waals surface area contributed by atoms with Gasteiger partial charge in [-0.25, -0.2) is 9.97 Å². The third-order valence-corrected chi connectivity index (χ3v) is 1.79. The van der Waals surface area contributed by atoms with Crippen molar-refractivity contribution in [3.8, 4) is 0 Å². The highest BCUT2D eigenvalue weighted by atomic mass is 16.4. The summed E-state index contributed by atoms with van der Waals surface area (Å²) >= 11 is 0. The third kappa shape index (κ3) is 2.69. The van der Waals surface area contributed by atoms with E-state index in [9.17, 15) is 4.79 Å². The van der Waals surface area contributed by atoms with Crippen LogP contribution in [0.4, 0.5) is 5.82 Å². The van der Waals surface area contributed by atoms with Crippen LogP contribution in [0.3, 0.4) is 0 Å². The van der Waals surface area contributed by atoms with Crippen molar-refractivity contribution in [3.05, 3.63) is 18.6 Å². The van der Waals surface area contributed by atoms with Gasteiger partial charge in [-0.05, 0) is 19.9 Å². The molecule has 0 fully saturated rings. The minimum absolute atomic E-state index is 0.0469. The minimum Gasteiger partial charge on any atom is -0.480 e. The van der Waals surface area contributed by atoms with Crippen LogP contribution in [0.5, 0.6) is 0 Å². The molecule has 0 aliphatic heterocycles. The fourth-order valence-electron chi connectivity index (χ4n) is 1.13. The lowest BCUT2D eigenvalue weighted by Gasteiger charge is -2.25. The van der Waals surface area contributed by atoms with E-state index in [-0.39, 0.29) is 12.6 Å². The number of carboxylic acid groups (broad SMARTS) is 1. The zero-order valence-corrected chi connectivity index (χ0v) is 8.21. The van der Waals surface area contributed by atoms with Crippen LogP contribution in [-0.4, -0.2) is 33.6 Å². The van der Waals surface area contributed by atoms with E-state index < -0.39 is 5.97 Å². The zero-order chi connectivity index (χ0) is 10.6. The molecule has 0 bridgehead atoms. The highest BCUT2D eigenvalue weighted by Gasteiger charge is 2.14. The molecule has 1 N–H and O–H groups in total. The number of aromatic nitrogens is 2. The lowest BCUT2D eigenvalue weighted by atomic mass is 10.3. The number of carboxylic acids is 1. The van der Waals surface area contributed by atoms with Crippen molar-refractivity contribution < 1.29 is 9.90 Å². The summed E-state index contributed by atoms with van der Waals surface area (Å²) in [5, 5.41) is 8.71. The highest BCUT2D eigenvalue weighted by molar-refractivity contribution is 5.73. The van der Waals surface area contributed by atoms with Gasteiger partial charge in [0.25, 0.3) is 0 Å². The Morgan fingerprint density at radius 2 is 2.36 bits per heavy atom. The van der Waals surface area contributed by atoms with Crippen LogP contribution in [0.1, 0.15) is 13.8 Å². The van der Waals surface area contributed by atoms with Crippen molar-refractivity contribution in [2.24, 2.45) is 0 Å². The SMILES string of the molecule is CC(C)N(CC(=O)O)c1ccncn1. The summed E-state index contributed by atoms with van der Waals surface area (Å²) in [6.45, 7) is 3.80. The van der Waals surface area contributed by atoms with Crippen molar-refractivity contribution >= 4 is 11.8 Å². The van der Waals surface area contributed by atoms with Gasteiger partial charge in [-0.15, -0.1) is 0 Å². The third-order valence-electron chi connectivity index (χ3n) is 1.79. The topological polar surface area (TPSA) is 66.3 Å². The van der Waals surface area contributed by atoms with Gasteiger partial charge in [0.05, 0.1) is 0 Å². The summed E-state index contributed by atoms with van der Waals surface area (Å²) < 4.78 is 0. The van der Waals surface area contributed by atoms with Crippen molar-refractivity contribution in [2.75, 3.05) is 11.4 Å². The first kappa shape index (κ1) is 10.4.